The van der Waals surface area contributed by atoms with Crippen LogP contribution >= 0.6 is 0 Å². The number of hydrogen-bond donors (Lipinski definition) is 1. The van der Waals surface area contributed by atoms with Crippen LogP contribution in [0.4, 0.5) is 11.6 Å². The van der Waals surface area contributed by atoms with Crippen molar-refractivity contribution in [3.63, 3.8) is 0 Å². The molecule has 1 saturated carbocycles. The molecule has 0 saturated heterocycles. The summed E-state index contributed by atoms with van der Waals surface area (Å²) in [6.45, 7) is 7.42. The molecule has 0 aromatic carbocycles. The van der Waals surface area contributed by atoms with Gasteiger partial charge in [0.1, 0.15) is 17.5 Å². The van der Waals surface area contributed by atoms with E-state index < -0.39 is 0 Å². The molecule has 4 nitrogen and oxygen atoms in total. The number of nitrogens with two attached hydrogens (primary N) is 1. The first-order valence-electron chi connectivity index (χ1n) is 7.72. The maximum absolute atomic E-state index is 5.95. The van der Waals surface area contributed by atoms with E-state index >= 15 is 0 Å². The van der Waals surface area contributed by atoms with E-state index in [1.165, 1.54) is 32.1 Å². The third-order valence-electron chi connectivity index (χ3n) is 4.05. The van der Waals surface area contributed by atoms with Crippen LogP contribution in [0.2, 0.25) is 0 Å². The van der Waals surface area contributed by atoms with Crippen molar-refractivity contribution < 1.29 is 0 Å². The molecule has 1 aliphatic rings. The predicted octanol–water partition coefficient (Wildman–Crippen LogP) is 3.37. The van der Waals surface area contributed by atoms with Gasteiger partial charge in [-0.15, -0.1) is 0 Å². The summed E-state index contributed by atoms with van der Waals surface area (Å²) in [6.07, 6.45) is 6.83. The van der Waals surface area contributed by atoms with Crippen molar-refractivity contribution in [1.82, 2.24) is 9.97 Å². The summed E-state index contributed by atoms with van der Waals surface area (Å²) in [5.41, 5.74) is 5.88. The topological polar surface area (TPSA) is 55.0 Å². The van der Waals surface area contributed by atoms with Crippen molar-refractivity contribution >= 4 is 11.6 Å². The van der Waals surface area contributed by atoms with Gasteiger partial charge in [-0.2, -0.15) is 0 Å². The highest BCUT2D eigenvalue weighted by Gasteiger charge is 2.21. The molecule has 1 aromatic rings. The Morgan fingerprint density at radius 3 is 2.45 bits per heavy atom. The number of anilines is 2. The lowest BCUT2D eigenvalue weighted by Crippen LogP contribution is -2.29. The molecule has 0 amide bonds. The summed E-state index contributed by atoms with van der Waals surface area (Å²) in [6, 6.07) is 1.89. The van der Waals surface area contributed by atoms with Gasteiger partial charge in [0.2, 0.25) is 0 Å². The Bertz CT molecular complexity index is 444. The first kappa shape index (κ1) is 15.1. The number of aromatic nitrogens is 2. The average Bonchev–Trinajstić information content (AvgIpc) is 2.38. The number of hydrogen-bond acceptors (Lipinski definition) is 4. The van der Waals surface area contributed by atoms with Crippen molar-refractivity contribution in [3.8, 4) is 0 Å². The fraction of sp³-hybridized carbons (Fsp3) is 0.750. The zero-order valence-electron chi connectivity index (χ0n) is 13.3. The van der Waals surface area contributed by atoms with Gasteiger partial charge >= 0.3 is 0 Å². The minimum Gasteiger partial charge on any atom is -0.384 e. The van der Waals surface area contributed by atoms with E-state index in [2.05, 4.69) is 37.7 Å². The van der Waals surface area contributed by atoms with E-state index in [0.29, 0.717) is 5.82 Å². The van der Waals surface area contributed by atoms with Gasteiger partial charge in [-0.25, -0.2) is 9.97 Å². The molecule has 112 valence electrons. The average molecular weight is 276 g/mol. The van der Waals surface area contributed by atoms with Gasteiger partial charge in [-0.05, 0) is 18.8 Å². The van der Waals surface area contributed by atoms with Gasteiger partial charge < -0.3 is 10.6 Å². The Morgan fingerprint density at radius 2 is 1.85 bits per heavy atom. The highest BCUT2D eigenvalue weighted by Crippen LogP contribution is 2.27. The first-order valence-corrected chi connectivity index (χ1v) is 7.72. The van der Waals surface area contributed by atoms with Crippen LogP contribution in [-0.4, -0.2) is 23.6 Å². The highest BCUT2D eigenvalue weighted by molar-refractivity contribution is 5.47. The molecule has 1 fully saturated rings. The molecule has 1 aliphatic carbocycles. The summed E-state index contributed by atoms with van der Waals surface area (Å²) in [4.78, 5) is 11.3. The SMILES string of the molecule is CN(CC1CCCCC1)c1cc(N)nc(C(C)(C)C)n1. The molecule has 0 radical (unpaired) electrons. The molecule has 0 bridgehead atoms. The fourth-order valence-corrected chi connectivity index (χ4v) is 2.83. The Kier molecular flexibility index (Phi) is 4.51. The largest absolute Gasteiger partial charge is 0.384 e. The molecule has 0 atom stereocenters. The lowest BCUT2D eigenvalue weighted by atomic mass is 9.89. The first-order chi connectivity index (χ1) is 9.36. The van der Waals surface area contributed by atoms with E-state index in [1.54, 1.807) is 0 Å². The monoisotopic (exact) mass is 276 g/mol. The van der Waals surface area contributed by atoms with Crippen molar-refractivity contribution in [2.24, 2.45) is 5.92 Å². The summed E-state index contributed by atoms with van der Waals surface area (Å²) >= 11 is 0. The van der Waals surface area contributed by atoms with Crippen LogP contribution in [0.15, 0.2) is 6.07 Å². The molecular formula is C16H28N4. The van der Waals surface area contributed by atoms with E-state index in [9.17, 15) is 0 Å². The number of nitrogens with zero attached hydrogens (tertiary/aromatic N) is 3. The second-order valence-electron chi connectivity index (χ2n) is 7.11. The second kappa shape index (κ2) is 5.98. The smallest absolute Gasteiger partial charge is 0.138 e. The molecule has 1 heterocycles. The molecule has 0 spiro atoms. The minimum atomic E-state index is -0.0736. The molecule has 20 heavy (non-hydrogen) atoms. The second-order valence-corrected chi connectivity index (χ2v) is 7.11. The molecule has 0 unspecified atom stereocenters. The van der Waals surface area contributed by atoms with Crippen molar-refractivity contribution in [2.75, 3.05) is 24.2 Å². The lowest BCUT2D eigenvalue weighted by Gasteiger charge is -2.28. The maximum Gasteiger partial charge on any atom is 0.138 e. The quantitative estimate of drug-likeness (QED) is 0.919. The van der Waals surface area contributed by atoms with Gasteiger partial charge in [0.05, 0.1) is 0 Å². The third kappa shape index (κ3) is 3.84. The lowest BCUT2D eigenvalue weighted by molar-refractivity contribution is 0.361. The van der Waals surface area contributed by atoms with E-state index in [-0.39, 0.29) is 5.41 Å². The number of nitrogen functional groups attached to an aromatic ring is 1. The van der Waals surface area contributed by atoms with Gasteiger partial charge in [-0.1, -0.05) is 40.0 Å². The van der Waals surface area contributed by atoms with Crippen molar-refractivity contribution in [1.29, 1.82) is 0 Å². The summed E-state index contributed by atoms with van der Waals surface area (Å²) in [5.74, 6) is 3.13. The predicted molar refractivity (Wildman–Crippen MR) is 85.0 cm³/mol. The standard InChI is InChI=1S/C16H28N4/c1-16(2,3)15-18-13(17)10-14(19-15)20(4)11-12-8-6-5-7-9-12/h10,12H,5-9,11H2,1-4H3,(H2,17,18,19). The Morgan fingerprint density at radius 1 is 1.20 bits per heavy atom. The van der Waals surface area contributed by atoms with Gasteiger partial charge in [0, 0.05) is 25.1 Å². The van der Waals surface area contributed by atoms with Crippen LogP contribution in [0.1, 0.15) is 58.7 Å². The summed E-state index contributed by atoms with van der Waals surface area (Å²) in [7, 11) is 2.11. The third-order valence-corrected chi connectivity index (χ3v) is 4.05. The number of rotatable bonds is 3. The van der Waals surface area contributed by atoms with Gasteiger partial charge in [0.15, 0.2) is 0 Å². The molecule has 2 rings (SSSR count). The van der Waals surface area contributed by atoms with Gasteiger partial charge in [0.25, 0.3) is 0 Å². The van der Waals surface area contributed by atoms with E-state index in [0.717, 1.165) is 24.1 Å². The van der Waals surface area contributed by atoms with Crippen LogP contribution < -0.4 is 10.6 Å². The fourth-order valence-electron chi connectivity index (χ4n) is 2.83. The van der Waals surface area contributed by atoms with Crippen LogP contribution in [0.3, 0.4) is 0 Å². The van der Waals surface area contributed by atoms with Crippen LogP contribution in [0.25, 0.3) is 0 Å². The minimum absolute atomic E-state index is 0.0736. The van der Waals surface area contributed by atoms with Crippen molar-refractivity contribution in [2.45, 2.75) is 58.3 Å². The zero-order valence-corrected chi connectivity index (χ0v) is 13.3. The molecule has 4 heteroatoms. The van der Waals surface area contributed by atoms with Crippen LogP contribution in [-0.2, 0) is 5.41 Å². The Labute approximate surface area is 122 Å². The summed E-state index contributed by atoms with van der Waals surface area (Å²) < 4.78 is 0. The highest BCUT2D eigenvalue weighted by atomic mass is 15.2. The molecule has 2 N–H and O–H groups in total. The van der Waals surface area contributed by atoms with Crippen molar-refractivity contribution in [3.05, 3.63) is 11.9 Å². The van der Waals surface area contributed by atoms with E-state index in [1.807, 2.05) is 6.07 Å². The van der Waals surface area contributed by atoms with Crippen LogP contribution in [0.5, 0.6) is 0 Å². The van der Waals surface area contributed by atoms with E-state index in [4.69, 9.17) is 10.7 Å². The molecule has 1 aromatic heterocycles. The van der Waals surface area contributed by atoms with Crippen LogP contribution in [0, 0.1) is 5.92 Å². The molecular weight excluding hydrogens is 248 g/mol. The zero-order chi connectivity index (χ0) is 14.8. The maximum atomic E-state index is 5.95. The molecule has 0 aliphatic heterocycles. The van der Waals surface area contributed by atoms with Gasteiger partial charge in [-0.3, -0.25) is 0 Å². The summed E-state index contributed by atoms with van der Waals surface area (Å²) in [5, 5.41) is 0. The Balaban J connectivity index is 2.12. The normalized spacial score (nSPS) is 17.2. The Hall–Kier alpha value is -1.32.